The molecule has 1 aliphatic rings. The van der Waals surface area contributed by atoms with Crippen LogP contribution in [0, 0.1) is 10.1 Å². The fraction of sp³-hybridized carbons (Fsp3) is 0.571. The molecular weight excluding hydrogens is 274 g/mol. The van der Waals surface area contributed by atoms with Crippen molar-refractivity contribution in [1.29, 1.82) is 0 Å². The number of nitro groups is 1. The molecule has 0 saturated carbocycles. The van der Waals surface area contributed by atoms with Crippen LogP contribution in [0.1, 0.15) is 13.8 Å². The molecule has 7 nitrogen and oxygen atoms in total. The van der Waals surface area contributed by atoms with E-state index < -0.39 is 0 Å². The van der Waals surface area contributed by atoms with Gasteiger partial charge in [0.05, 0.1) is 25.2 Å². The highest BCUT2D eigenvalue weighted by atomic mass is 16.6. The molecule has 21 heavy (non-hydrogen) atoms. The molecule has 1 saturated heterocycles. The molecule has 0 spiro atoms. The van der Waals surface area contributed by atoms with E-state index in [1.165, 1.54) is 20.3 Å². The zero-order valence-corrected chi connectivity index (χ0v) is 12.8. The predicted octanol–water partition coefficient (Wildman–Crippen LogP) is 1.80. The highest BCUT2D eigenvalue weighted by Crippen LogP contribution is 2.40. The molecule has 0 aliphatic carbocycles. The summed E-state index contributed by atoms with van der Waals surface area (Å²) < 4.78 is 10.4. The second kappa shape index (κ2) is 6.17. The fourth-order valence-corrected chi connectivity index (χ4v) is 2.78. The lowest BCUT2D eigenvalue weighted by atomic mass is 10.1. The number of piperazine rings is 1. The zero-order valence-electron chi connectivity index (χ0n) is 12.8. The van der Waals surface area contributed by atoms with Gasteiger partial charge in [0.2, 0.25) is 0 Å². The Hall–Kier alpha value is -2.02. The maximum Gasteiger partial charge on any atom is 0.296 e. The Bertz CT molecular complexity index is 525. The zero-order chi connectivity index (χ0) is 15.6. The molecule has 1 aliphatic heterocycles. The number of nitrogens with one attached hydrogen (secondary N) is 1. The number of anilines is 1. The lowest BCUT2D eigenvalue weighted by Gasteiger charge is -2.37. The molecule has 1 aromatic carbocycles. The summed E-state index contributed by atoms with van der Waals surface area (Å²) in [5.74, 6) is 0.862. The van der Waals surface area contributed by atoms with Crippen LogP contribution in [0.25, 0.3) is 0 Å². The van der Waals surface area contributed by atoms with E-state index in [0.717, 1.165) is 0 Å². The highest BCUT2D eigenvalue weighted by Gasteiger charge is 2.28. The number of nitrogens with zero attached hydrogens (tertiary/aromatic N) is 2. The van der Waals surface area contributed by atoms with Crippen LogP contribution >= 0.6 is 0 Å². The molecule has 1 heterocycles. The summed E-state index contributed by atoms with van der Waals surface area (Å²) in [4.78, 5) is 13.0. The minimum Gasteiger partial charge on any atom is -0.493 e. The summed E-state index contributed by atoms with van der Waals surface area (Å²) in [6.07, 6.45) is 0. The third kappa shape index (κ3) is 3.18. The van der Waals surface area contributed by atoms with E-state index in [9.17, 15) is 10.1 Å². The highest BCUT2D eigenvalue weighted by molar-refractivity contribution is 5.70. The van der Waals surface area contributed by atoms with Gasteiger partial charge >= 0.3 is 0 Å². The van der Waals surface area contributed by atoms with Crippen molar-refractivity contribution in [3.05, 3.63) is 22.2 Å². The molecule has 1 fully saturated rings. The van der Waals surface area contributed by atoms with Gasteiger partial charge in [-0.05, 0) is 13.8 Å². The molecule has 1 N–H and O–H groups in total. The first kappa shape index (κ1) is 15.4. The van der Waals surface area contributed by atoms with E-state index in [2.05, 4.69) is 19.2 Å². The molecule has 2 unspecified atom stereocenters. The molecule has 2 atom stereocenters. The minimum absolute atomic E-state index is 0.0361. The Morgan fingerprint density at radius 3 is 2.19 bits per heavy atom. The number of ether oxygens (including phenoxy) is 2. The van der Waals surface area contributed by atoms with Crippen molar-refractivity contribution in [2.24, 2.45) is 0 Å². The van der Waals surface area contributed by atoms with Crippen molar-refractivity contribution >= 4 is 11.4 Å². The predicted molar refractivity (Wildman–Crippen MR) is 80.5 cm³/mol. The molecule has 0 radical (unpaired) electrons. The molecule has 1 aromatic rings. The van der Waals surface area contributed by atoms with Crippen LogP contribution in [0.2, 0.25) is 0 Å². The summed E-state index contributed by atoms with van der Waals surface area (Å²) in [5.41, 5.74) is 0.604. The van der Waals surface area contributed by atoms with Crippen LogP contribution in [0.15, 0.2) is 12.1 Å². The fourth-order valence-electron chi connectivity index (χ4n) is 2.78. The average Bonchev–Trinajstić information content (AvgIpc) is 2.44. The average molecular weight is 295 g/mol. The summed E-state index contributed by atoms with van der Waals surface area (Å²) in [6.45, 7) is 5.55. The largest absolute Gasteiger partial charge is 0.493 e. The number of hydrogen-bond donors (Lipinski definition) is 1. The number of nitro benzene ring substituents is 1. The van der Waals surface area contributed by atoms with E-state index in [-0.39, 0.29) is 22.7 Å². The van der Waals surface area contributed by atoms with Crippen LogP contribution in [-0.2, 0) is 0 Å². The van der Waals surface area contributed by atoms with Gasteiger partial charge in [-0.15, -0.1) is 0 Å². The lowest BCUT2D eigenvalue weighted by molar-refractivity contribution is -0.384. The van der Waals surface area contributed by atoms with Crippen LogP contribution in [0.3, 0.4) is 0 Å². The molecule has 7 heteroatoms. The first-order valence-electron chi connectivity index (χ1n) is 6.87. The Morgan fingerprint density at radius 1 is 1.19 bits per heavy atom. The van der Waals surface area contributed by atoms with Gasteiger partial charge in [0.15, 0.2) is 11.5 Å². The van der Waals surface area contributed by atoms with E-state index in [1.54, 1.807) is 6.07 Å². The van der Waals surface area contributed by atoms with E-state index in [4.69, 9.17) is 9.47 Å². The van der Waals surface area contributed by atoms with Gasteiger partial charge in [-0.25, -0.2) is 0 Å². The van der Waals surface area contributed by atoms with Crippen molar-refractivity contribution in [3.63, 3.8) is 0 Å². The van der Waals surface area contributed by atoms with E-state index >= 15 is 0 Å². The Balaban J connectivity index is 2.47. The topological polar surface area (TPSA) is 76.9 Å². The van der Waals surface area contributed by atoms with Crippen molar-refractivity contribution in [2.75, 3.05) is 32.2 Å². The number of benzene rings is 1. The van der Waals surface area contributed by atoms with Crippen molar-refractivity contribution in [3.8, 4) is 11.5 Å². The molecule has 0 amide bonds. The molecular formula is C14H21N3O4. The van der Waals surface area contributed by atoms with Crippen molar-refractivity contribution in [1.82, 2.24) is 5.32 Å². The minimum atomic E-state index is -0.380. The van der Waals surface area contributed by atoms with Gasteiger partial charge in [-0.1, -0.05) is 0 Å². The first-order valence-corrected chi connectivity index (χ1v) is 6.87. The monoisotopic (exact) mass is 295 g/mol. The van der Waals surface area contributed by atoms with Crippen molar-refractivity contribution in [2.45, 2.75) is 25.9 Å². The Kier molecular flexibility index (Phi) is 4.52. The van der Waals surface area contributed by atoms with Gasteiger partial charge in [0, 0.05) is 31.2 Å². The molecule has 0 bridgehead atoms. The third-order valence-corrected chi connectivity index (χ3v) is 3.58. The van der Waals surface area contributed by atoms with Gasteiger partial charge in [0.25, 0.3) is 5.69 Å². The third-order valence-electron chi connectivity index (χ3n) is 3.58. The number of rotatable bonds is 4. The summed E-state index contributed by atoms with van der Waals surface area (Å²) in [6, 6.07) is 3.63. The van der Waals surface area contributed by atoms with Crippen molar-refractivity contribution < 1.29 is 14.4 Å². The van der Waals surface area contributed by atoms with Crippen LogP contribution in [0.4, 0.5) is 11.4 Å². The summed E-state index contributed by atoms with van der Waals surface area (Å²) >= 11 is 0. The smallest absolute Gasteiger partial charge is 0.296 e. The second-order valence-electron chi connectivity index (χ2n) is 5.33. The molecule has 2 rings (SSSR count). The van der Waals surface area contributed by atoms with E-state index in [1.807, 2.05) is 4.90 Å². The van der Waals surface area contributed by atoms with Crippen LogP contribution < -0.4 is 19.7 Å². The summed E-state index contributed by atoms with van der Waals surface area (Å²) in [7, 11) is 2.99. The van der Waals surface area contributed by atoms with Crippen LogP contribution in [-0.4, -0.2) is 44.3 Å². The Morgan fingerprint density at radius 2 is 1.71 bits per heavy atom. The van der Waals surface area contributed by atoms with E-state index in [0.29, 0.717) is 30.3 Å². The van der Waals surface area contributed by atoms with Gasteiger partial charge in [0.1, 0.15) is 5.69 Å². The SMILES string of the molecule is COc1cc(N2CC(C)NC(C)C2)c([N+](=O)[O-])cc1OC. The maximum atomic E-state index is 11.4. The molecule has 0 aromatic heterocycles. The summed E-state index contributed by atoms with van der Waals surface area (Å²) in [5, 5.41) is 14.8. The number of hydrogen-bond acceptors (Lipinski definition) is 6. The van der Waals surface area contributed by atoms with Gasteiger partial charge in [-0.2, -0.15) is 0 Å². The maximum absolute atomic E-state index is 11.4. The van der Waals surface area contributed by atoms with Crippen LogP contribution in [0.5, 0.6) is 11.5 Å². The van der Waals surface area contributed by atoms with Gasteiger partial charge < -0.3 is 19.7 Å². The molecule has 116 valence electrons. The normalized spacial score (nSPS) is 22.0. The first-order chi connectivity index (χ1) is 9.96. The second-order valence-corrected chi connectivity index (χ2v) is 5.33. The Labute approximate surface area is 124 Å². The standard InChI is InChI=1S/C14H21N3O4/c1-9-7-16(8-10(2)15-9)11-5-13(20-3)14(21-4)6-12(11)17(18)19/h5-6,9-10,15H,7-8H2,1-4H3. The number of methoxy groups -OCH3 is 2. The van der Waals surface area contributed by atoms with Gasteiger partial charge in [-0.3, -0.25) is 10.1 Å². The lowest BCUT2D eigenvalue weighted by Crippen LogP contribution is -2.54. The quantitative estimate of drug-likeness (QED) is 0.674.